The molecule has 2 nitrogen and oxygen atoms in total. The van der Waals surface area contributed by atoms with Gasteiger partial charge in [0.1, 0.15) is 0 Å². The van der Waals surface area contributed by atoms with Crippen LogP contribution in [0.4, 0.5) is 0 Å². The summed E-state index contributed by atoms with van der Waals surface area (Å²) in [6, 6.07) is 9.05. The molecule has 5 rings (SSSR count). The van der Waals surface area contributed by atoms with E-state index in [0.29, 0.717) is 0 Å². The minimum atomic E-state index is 1.12. The monoisotopic (exact) mass is 326 g/mol. The number of rotatable bonds is 0. The van der Waals surface area contributed by atoms with Crippen molar-refractivity contribution in [3.8, 4) is 0 Å². The molecule has 21 heavy (non-hydrogen) atoms. The maximum atomic E-state index is 4.61. The molecule has 0 saturated carbocycles. The highest BCUT2D eigenvalue weighted by molar-refractivity contribution is 7.26. The molecule has 0 aliphatic rings. The van der Waals surface area contributed by atoms with E-state index in [1.807, 2.05) is 11.3 Å². The summed E-state index contributed by atoms with van der Waals surface area (Å²) in [5, 5.41) is 4.96. The van der Waals surface area contributed by atoms with E-state index in [2.05, 4.69) is 48.1 Å². The number of aryl methyl sites for hydroxylation is 2. The van der Waals surface area contributed by atoms with Crippen molar-refractivity contribution in [2.75, 3.05) is 0 Å². The Morgan fingerprint density at radius 3 is 1.57 bits per heavy atom. The van der Waals surface area contributed by atoms with Crippen LogP contribution in [-0.2, 0) is 0 Å². The highest BCUT2D eigenvalue weighted by Gasteiger charge is 2.11. The Balaban J connectivity index is 1.97. The van der Waals surface area contributed by atoms with Gasteiger partial charge in [-0.1, -0.05) is 0 Å². The van der Waals surface area contributed by atoms with Crippen LogP contribution in [0, 0.1) is 13.8 Å². The Hall–Kier alpha value is -1.56. The molecule has 0 N–H and O–H groups in total. The second-order valence-electron chi connectivity index (χ2n) is 5.20. The molecule has 0 radical (unpaired) electrons. The van der Waals surface area contributed by atoms with Gasteiger partial charge in [-0.25, -0.2) is 9.97 Å². The van der Waals surface area contributed by atoms with Crippen LogP contribution in [0.3, 0.4) is 0 Å². The van der Waals surface area contributed by atoms with E-state index in [1.54, 1.807) is 22.7 Å². The predicted octanol–water partition coefficient (Wildman–Crippen LogP) is 5.89. The first-order chi connectivity index (χ1) is 10.2. The van der Waals surface area contributed by atoms with Gasteiger partial charge < -0.3 is 0 Å². The topological polar surface area (TPSA) is 25.8 Å². The van der Waals surface area contributed by atoms with Crippen molar-refractivity contribution in [3.63, 3.8) is 0 Å². The lowest BCUT2D eigenvalue weighted by Gasteiger charge is -1.92. The largest absolute Gasteiger partial charge is 0.241 e. The lowest BCUT2D eigenvalue weighted by atomic mass is 10.1. The van der Waals surface area contributed by atoms with Crippen molar-refractivity contribution in [1.82, 2.24) is 9.97 Å². The summed E-state index contributed by atoms with van der Waals surface area (Å²) >= 11 is 5.38. The Kier molecular flexibility index (Phi) is 2.29. The molecule has 5 aromatic rings. The van der Waals surface area contributed by atoms with Crippen LogP contribution in [0.2, 0.25) is 0 Å². The third-order valence-electron chi connectivity index (χ3n) is 3.70. The SMILES string of the molecule is Cc1nc2cc3sc4cc5nc(C)sc5cc4c3cc2s1. The van der Waals surface area contributed by atoms with Crippen molar-refractivity contribution < 1.29 is 0 Å². The van der Waals surface area contributed by atoms with Crippen molar-refractivity contribution in [2.24, 2.45) is 0 Å². The molecule has 0 aliphatic carbocycles. The fourth-order valence-corrected chi connectivity index (χ4v) is 5.68. The average Bonchev–Trinajstić information content (AvgIpc) is 3.05. The van der Waals surface area contributed by atoms with Gasteiger partial charge in [-0.15, -0.1) is 34.0 Å². The molecule has 0 aliphatic heterocycles. The summed E-state index contributed by atoms with van der Waals surface area (Å²) in [5.41, 5.74) is 2.24. The Morgan fingerprint density at radius 1 is 0.619 bits per heavy atom. The Bertz CT molecular complexity index is 1070. The summed E-state index contributed by atoms with van der Waals surface area (Å²) in [6.45, 7) is 4.14. The van der Waals surface area contributed by atoms with E-state index in [-0.39, 0.29) is 0 Å². The van der Waals surface area contributed by atoms with Crippen LogP contribution < -0.4 is 0 Å². The number of thiazole rings is 2. The fraction of sp³-hybridized carbons (Fsp3) is 0.125. The standard InChI is InChI=1S/C16H10N2S3/c1-7-17-11-5-13-9(3-15(11)19-7)10-4-16-12(6-14(10)21-13)18-8(2)20-16/h3-6H,1-2H3. The summed E-state index contributed by atoms with van der Waals surface area (Å²) in [7, 11) is 0. The number of hydrogen-bond acceptors (Lipinski definition) is 5. The maximum absolute atomic E-state index is 4.61. The first-order valence-corrected chi connectivity index (χ1v) is 9.13. The third-order valence-corrected chi connectivity index (χ3v) is 6.69. The highest BCUT2D eigenvalue weighted by atomic mass is 32.1. The molecule has 3 heterocycles. The first-order valence-electron chi connectivity index (χ1n) is 6.68. The van der Waals surface area contributed by atoms with Gasteiger partial charge in [0.05, 0.1) is 30.4 Å². The zero-order valence-corrected chi connectivity index (χ0v) is 13.9. The number of fused-ring (bicyclic) bond motifs is 5. The quantitative estimate of drug-likeness (QED) is 0.354. The van der Waals surface area contributed by atoms with E-state index < -0.39 is 0 Å². The number of aromatic nitrogens is 2. The fourth-order valence-electron chi connectivity index (χ4n) is 2.85. The summed E-state index contributed by atoms with van der Waals surface area (Å²) in [6.07, 6.45) is 0. The van der Waals surface area contributed by atoms with Crippen LogP contribution >= 0.6 is 34.0 Å². The van der Waals surface area contributed by atoms with Crippen LogP contribution in [0.25, 0.3) is 40.6 Å². The lowest BCUT2D eigenvalue weighted by molar-refractivity contribution is 1.35. The van der Waals surface area contributed by atoms with Gasteiger partial charge in [-0.2, -0.15) is 0 Å². The van der Waals surface area contributed by atoms with Crippen molar-refractivity contribution in [2.45, 2.75) is 13.8 Å². The van der Waals surface area contributed by atoms with Crippen LogP contribution in [-0.4, -0.2) is 9.97 Å². The summed E-state index contributed by atoms with van der Waals surface area (Å²) in [5.74, 6) is 0. The van der Waals surface area contributed by atoms with Gasteiger partial charge in [-0.05, 0) is 38.1 Å². The average molecular weight is 326 g/mol. The maximum Gasteiger partial charge on any atom is 0.0907 e. The molecule has 0 unspecified atom stereocenters. The second kappa shape index (κ2) is 4.00. The Morgan fingerprint density at radius 2 is 1.10 bits per heavy atom. The normalized spacial score (nSPS) is 12.3. The van der Waals surface area contributed by atoms with Gasteiger partial charge in [0.25, 0.3) is 0 Å². The zero-order chi connectivity index (χ0) is 14.1. The molecule has 0 atom stereocenters. The minimum Gasteiger partial charge on any atom is -0.241 e. The molecule has 0 amide bonds. The third kappa shape index (κ3) is 1.68. The summed E-state index contributed by atoms with van der Waals surface area (Å²) in [4.78, 5) is 9.21. The van der Waals surface area contributed by atoms with E-state index in [0.717, 1.165) is 21.0 Å². The molecule has 0 saturated heterocycles. The molecular weight excluding hydrogens is 316 g/mol. The van der Waals surface area contributed by atoms with Gasteiger partial charge in [0.15, 0.2) is 0 Å². The zero-order valence-electron chi connectivity index (χ0n) is 11.4. The van der Waals surface area contributed by atoms with E-state index in [4.69, 9.17) is 0 Å². The number of thiophene rings is 1. The van der Waals surface area contributed by atoms with Gasteiger partial charge >= 0.3 is 0 Å². The lowest BCUT2D eigenvalue weighted by Crippen LogP contribution is -1.70. The molecular formula is C16H10N2S3. The van der Waals surface area contributed by atoms with E-state index >= 15 is 0 Å². The van der Waals surface area contributed by atoms with E-state index in [9.17, 15) is 0 Å². The van der Waals surface area contributed by atoms with Crippen LogP contribution in [0.5, 0.6) is 0 Å². The summed E-state index contributed by atoms with van der Waals surface area (Å²) < 4.78 is 5.19. The van der Waals surface area contributed by atoms with Gasteiger partial charge in [-0.3, -0.25) is 0 Å². The van der Waals surface area contributed by atoms with Crippen LogP contribution in [0.15, 0.2) is 24.3 Å². The molecule has 3 aromatic heterocycles. The van der Waals surface area contributed by atoms with Crippen molar-refractivity contribution in [3.05, 3.63) is 34.3 Å². The van der Waals surface area contributed by atoms with Crippen LogP contribution in [0.1, 0.15) is 10.0 Å². The number of hydrogen-bond donors (Lipinski definition) is 0. The Labute approximate surface area is 132 Å². The number of benzene rings is 2. The molecule has 102 valence electrons. The number of nitrogens with zero attached hydrogens (tertiary/aromatic N) is 2. The highest BCUT2D eigenvalue weighted by Crippen LogP contribution is 2.40. The van der Waals surface area contributed by atoms with Crippen molar-refractivity contribution in [1.29, 1.82) is 0 Å². The molecule has 0 bridgehead atoms. The smallest absolute Gasteiger partial charge is 0.0907 e. The molecule has 0 spiro atoms. The molecule has 5 heteroatoms. The molecule has 2 aromatic carbocycles. The van der Waals surface area contributed by atoms with Gasteiger partial charge in [0, 0.05) is 20.2 Å². The predicted molar refractivity (Wildman–Crippen MR) is 95.2 cm³/mol. The first kappa shape index (κ1) is 12.0. The minimum absolute atomic E-state index is 1.12. The molecule has 0 fully saturated rings. The van der Waals surface area contributed by atoms with E-state index in [1.165, 1.54) is 29.6 Å². The van der Waals surface area contributed by atoms with Crippen molar-refractivity contribution >= 4 is 74.6 Å². The van der Waals surface area contributed by atoms with Gasteiger partial charge in [0.2, 0.25) is 0 Å². The second-order valence-corrected chi connectivity index (χ2v) is 8.75.